The fourth-order valence-corrected chi connectivity index (χ4v) is 4.84. The van der Waals surface area contributed by atoms with Crippen LogP contribution in [0.4, 0.5) is 0 Å². The van der Waals surface area contributed by atoms with Gasteiger partial charge in [-0.2, -0.15) is 11.8 Å². The zero-order valence-electron chi connectivity index (χ0n) is 12.0. The summed E-state index contributed by atoms with van der Waals surface area (Å²) in [5, 5.41) is 3.63. The summed E-state index contributed by atoms with van der Waals surface area (Å²) in [5.41, 5.74) is 1.35. The molecule has 0 saturated carbocycles. The fourth-order valence-electron chi connectivity index (χ4n) is 3.46. The van der Waals surface area contributed by atoms with Gasteiger partial charge in [-0.15, -0.1) is 0 Å². The molecule has 3 rings (SSSR count). The molecular weight excluding hydrogens is 270 g/mol. The van der Waals surface area contributed by atoms with Crippen molar-refractivity contribution in [1.82, 2.24) is 15.3 Å². The molecule has 1 aromatic rings. The smallest absolute Gasteiger partial charge is 0.115 e. The quantitative estimate of drug-likeness (QED) is 0.924. The van der Waals surface area contributed by atoms with Crippen molar-refractivity contribution in [2.75, 3.05) is 24.7 Å². The first-order valence-corrected chi connectivity index (χ1v) is 8.68. The Labute approximate surface area is 125 Å². The fraction of sp³-hybridized carbons (Fsp3) is 0.733. The molecule has 5 heteroatoms. The lowest BCUT2D eigenvalue weighted by Gasteiger charge is -2.41. The molecule has 3 heterocycles. The van der Waals surface area contributed by atoms with E-state index in [0.29, 0.717) is 12.0 Å². The minimum Gasteiger partial charge on any atom is -0.374 e. The van der Waals surface area contributed by atoms with Crippen molar-refractivity contribution in [1.29, 1.82) is 0 Å². The summed E-state index contributed by atoms with van der Waals surface area (Å²) in [6.45, 7) is 4.02. The van der Waals surface area contributed by atoms with Crippen molar-refractivity contribution in [3.8, 4) is 0 Å². The van der Waals surface area contributed by atoms with Crippen LogP contribution >= 0.6 is 11.8 Å². The van der Waals surface area contributed by atoms with Crippen molar-refractivity contribution in [2.45, 2.75) is 37.8 Å². The molecular formula is C15H23N3OS. The van der Waals surface area contributed by atoms with Crippen LogP contribution in [-0.2, 0) is 4.74 Å². The highest BCUT2D eigenvalue weighted by molar-refractivity contribution is 7.99. The molecule has 2 aliphatic rings. The number of nitrogens with one attached hydrogen (secondary N) is 1. The Balaban J connectivity index is 1.77. The predicted molar refractivity (Wildman–Crippen MR) is 81.8 cm³/mol. The third-order valence-corrected chi connectivity index (χ3v) is 5.66. The van der Waals surface area contributed by atoms with Crippen LogP contribution in [0.15, 0.2) is 18.7 Å². The Morgan fingerprint density at radius 1 is 1.50 bits per heavy atom. The maximum absolute atomic E-state index is 6.14. The highest BCUT2D eigenvalue weighted by Gasteiger charge is 2.42. The normalized spacial score (nSPS) is 31.6. The van der Waals surface area contributed by atoms with E-state index in [0.717, 1.165) is 31.7 Å². The Hall–Kier alpha value is -0.650. The van der Waals surface area contributed by atoms with Gasteiger partial charge in [-0.1, -0.05) is 6.92 Å². The largest absolute Gasteiger partial charge is 0.374 e. The van der Waals surface area contributed by atoms with Gasteiger partial charge in [0.05, 0.1) is 5.60 Å². The van der Waals surface area contributed by atoms with Gasteiger partial charge in [0, 0.05) is 36.4 Å². The molecule has 0 amide bonds. The Bertz CT molecular complexity index is 422. The minimum atomic E-state index is 0.136. The topological polar surface area (TPSA) is 47.0 Å². The lowest BCUT2D eigenvalue weighted by molar-refractivity contribution is -0.0853. The van der Waals surface area contributed by atoms with E-state index >= 15 is 0 Å². The van der Waals surface area contributed by atoms with Crippen LogP contribution < -0.4 is 5.32 Å². The maximum atomic E-state index is 6.14. The van der Waals surface area contributed by atoms with Crippen LogP contribution in [0, 0.1) is 5.92 Å². The highest BCUT2D eigenvalue weighted by atomic mass is 32.2. The average Bonchev–Trinajstić information content (AvgIpc) is 2.93. The number of hydrogen-bond donors (Lipinski definition) is 1. The van der Waals surface area contributed by atoms with E-state index in [1.807, 2.05) is 24.2 Å². The van der Waals surface area contributed by atoms with E-state index in [4.69, 9.17) is 4.74 Å². The molecule has 0 bridgehead atoms. The zero-order chi connectivity index (χ0) is 13.8. The number of hydrogen-bond acceptors (Lipinski definition) is 5. The second kappa shape index (κ2) is 6.41. The van der Waals surface area contributed by atoms with Crippen molar-refractivity contribution in [3.63, 3.8) is 0 Å². The highest BCUT2D eigenvalue weighted by Crippen LogP contribution is 2.43. The number of rotatable bonds is 4. The van der Waals surface area contributed by atoms with Crippen LogP contribution in [0.2, 0.25) is 0 Å². The molecule has 2 saturated heterocycles. The van der Waals surface area contributed by atoms with Gasteiger partial charge in [0.15, 0.2) is 0 Å². The third kappa shape index (κ3) is 3.00. The van der Waals surface area contributed by atoms with Crippen LogP contribution in [0.5, 0.6) is 0 Å². The second-order valence-electron chi connectivity index (χ2n) is 5.79. The van der Waals surface area contributed by atoms with E-state index in [-0.39, 0.29) is 5.60 Å². The molecule has 2 fully saturated rings. The van der Waals surface area contributed by atoms with Crippen molar-refractivity contribution in [2.24, 2.45) is 5.92 Å². The van der Waals surface area contributed by atoms with Crippen LogP contribution in [0.25, 0.3) is 0 Å². The Morgan fingerprint density at radius 2 is 2.35 bits per heavy atom. The molecule has 1 spiro atoms. The molecule has 110 valence electrons. The summed E-state index contributed by atoms with van der Waals surface area (Å²) in [6.07, 6.45) is 8.99. The maximum Gasteiger partial charge on any atom is 0.115 e. The molecule has 0 aromatic carbocycles. The van der Waals surface area contributed by atoms with Gasteiger partial charge in [-0.25, -0.2) is 9.97 Å². The van der Waals surface area contributed by atoms with Gasteiger partial charge in [-0.3, -0.25) is 0 Å². The van der Waals surface area contributed by atoms with Crippen LogP contribution in [0.3, 0.4) is 0 Å². The monoisotopic (exact) mass is 293 g/mol. The number of nitrogens with zero attached hydrogens (tertiary/aromatic N) is 2. The van der Waals surface area contributed by atoms with Gasteiger partial charge in [-0.05, 0) is 37.5 Å². The van der Waals surface area contributed by atoms with Crippen molar-refractivity contribution >= 4 is 11.8 Å². The van der Waals surface area contributed by atoms with Crippen molar-refractivity contribution in [3.05, 3.63) is 24.3 Å². The second-order valence-corrected chi connectivity index (χ2v) is 6.90. The lowest BCUT2D eigenvalue weighted by Crippen LogP contribution is -2.43. The molecule has 0 radical (unpaired) electrons. The number of ether oxygens (including phenoxy) is 1. The number of thioether (sulfide) groups is 1. The summed E-state index contributed by atoms with van der Waals surface area (Å²) in [5.74, 6) is 3.02. The summed E-state index contributed by atoms with van der Waals surface area (Å²) in [4.78, 5) is 8.37. The molecule has 3 atom stereocenters. The standard InChI is InChI=1S/C15H23N3OS/c1-2-18-14(13-8-16-11-17-9-13)12-3-5-19-15(7-12)4-6-20-10-15/h8-9,11-12,14,18H,2-7,10H2,1H3. The molecule has 20 heavy (non-hydrogen) atoms. The van der Waals surface area contributed by atoms with E-state index in [1.165, 1.54) is 17.7 Å². The third-order valence-electron chi connectivity index (χ3n) is 4.43. The summed E-state index contributed by atoms with van der Waals surface area (Å²) in [6, 6.07) is 0.354. The Kier molecular flexibility index (Phi) is 4.58. The van der Waals surface area contributed by atoms with Crippen LogP contribution in [-0.4, -0.2) is 40.2 Å². The van der Waals surface area contributed by atoms with E-state index in [2.05, 4.69) is 22.2 Å². The summed E-state index contributed by atoms with van der Waals surface area (Å²) < 4.78 is 6.14. The van der Waals surface area contributed by atoms with Crippen LogP contribution in [0.1, 0.15) is 37.8 Å². The minimum absolute atomic E-state index is 0.136. The van der Waals surface area contributed by atoms with E-state index in [1.54, 1.807) is 6.33 Å². The molecule has 2 aliphatic heterocycles. The van der Waals surface area contributed by atoms with Crippen molar-refractivity contribution < 1.29 is 4.74 Å². The lowest BCUT2D eigenvalue weighted by atomic mass is 9.79. The number of aromatic nitrogens is 2. The van der Waals surface area contributed by atoms with E-state index in [9.17, 15) is 0 Å². The predicted octanol–water partition coefficient (Wildman–Crippen LogP) is 2.43. The first kappa shape index (κ1) is 14.3. The first-order chi connectivity index (χ1) is 9.83. The van der Waals surface area contributed by atoms with Gasteiger partial charge in [0.2, 0.25) is 0 Å². The molecule has 1 aromatic heterocycles. The van der Waals surface area contributed by atoms with E-state index < -0.39 is 0 Å². The summed E-state index contributed by atoms with van der Waals surface area (Å²) >= 11 is 2.03. The average molecular weight is 293 g/mol. The molecule has 1 N–H and O–H groups in total. The zero-order valence-corrected chi connectivity index (χ0v) is 12.9. The van der Waals surface area contributed by atoms with Gasteiger partial charge in [0.25, 0.3) is 0 Å². The molecule has 3 unspecified atom stereocenters. The molecule has 4 nitrogen and oxygen atoms in total. The SMILES string of the molecule is CCNC(c1cncnc1)C1CCOC2(CCSC2)C1. The Morgan fingerprint density at radius 3 is 3.05 bits per heavy atom. The molecule has 0 aliphatic carbocycles. The van der Waals surface area contributed by atoms with Gasteiger partial charge in [0.1, 0.15) is 6.33 Å². The summed E-state index contributed by atoms with van der Waals surface area (Å²) in [7, 11) is 0. The van der Waals surface area contributed by atoms with Gasteiger partial charge < -0.3 is 10.1 Å². The first-order valence-electron chi connectivity index (χ1n) is 7.53. The van der Waals surface area contributed by atoms with Gasteiger partial charge >= 0.3 is 0 Å².